The summed E-state index contributed by atoms with van der Waals surface area (Å²) in [7, 11) is 0. The Morgan fingerprint density at radius 2 is 2.29 bits per heavy atom. The van der Waals surface area contributed by atoms with Crippen LogP contribution in [0.5, 0.6) is 0 Å². The largest absolute Gasteiger partial charge is 0.390 e. The molecule has 0 saturated carbocycles. The van der Waals surface area contributed by atoms with Crippen molar-refractivity contribution in [3.8, 4) is 0 Å². The number of anilines is 1. The fourth-order valence-corrected chi connectivity index (χ4v) is 2.06. The molecule has 1 unspecified atom stereocenters. The Hall–Kier alpha value is -2.75. The molecule has 2 aromatic rings. The third-order valence-corrected chi connectivity index (χ3v) is 3.38. The summed E-state index contributed by atoms with van der Waals surface area (Å²) in [5.41, 5.74) is 1.20. The predicted octanol–water partition coefficient (Wildman–Crippen LogP) is 1.57. The maximum Gasteiger partial charge on any atom is 0.390 e. The number of hydrogen-bond donors (Lipinski definition) is 1. The molecule has 0 saturated heterocycles. The number of aromatic nitrogens is 4. The highest BCUT2D eigenvalue weighted by Crippen LogP contribution is 2.14. The molecule has 130 valence electrons. The van der Waals surface area contributed by atoms with Gasteiger partial charge in [-0.05, 0) is 18.8 Å². The lowest BCUT2D eigenvalue weighted by molar-refractivity contribution is -0.389. The van der Waals surface area contributed by atoms with Crippen LogP contribution in [0.4, 0.5) is 11.5 Å². The molecule has 0 aliphatic carbocycles. The molecule has 0 spiro atoms. The van der Waals surface area contributed by atoms with Crippen LogP contribution in [0.1, 0.15) is 19.5 Å². The molecule has 24 heavy (non-hydrogen) atoms. The van der Waals surface area contributed by atoms with Crippen molar-refractivity contribution in [1.29, 1.82) is 0 Å². The minimum Gasteiger partial charge on any atom is -0.360 e. The number of nitrogens with zero attached hydrogens (tertiary/aromatic N) is 5. The number of nitro groups is 1. The van der Waals surface area contributed by atoms with E-state index in [0.29, 0.717) is 24.7 Å². The van der Waals surface area contributed by atoms with E-state index in [0.717, 1.165) is 0 Å². The normalized spacial score (nSPS) is 12.1. The van der Waals surface area contributed by atoms with Crippen molar-refractivity contribution in [2.24, 2.45) is 5.92 Å². The van der Waals surface area contributed by atoms with Gasteiger partial charge in [-0.15, -0.1) is 0 Å². The van der Waals surface area contributed by atoms with Gasteiger partial charge in [0.05, 0.1) is 47.4 Å². The van der Waals surface area contributed by atoms with Crippen LogP contribution in [0.25, 0.3) is 0 Å². The molecular weight excluding hydrogens is 316 g/mol. The number of hydrogen-bond acceptors (Lipinski definition) is 6. The zero-order valence-corrected chi connectivity index (χ0v) is 13.8. The monoisotopic (exact) mass is 336 g/mol. The van der Waals surface area contributed by atoms with Gasteiger partial charge in [0.25, 0.3) is 0 Å². The van der Waals surface area contributed by atoms with Gasteiger partial charge in [0.15, 0.2) is 0 Å². The van der Waals surface area contributed by atoms with Gasteiger partial charge in [0, 0.05) is 6.61 Å². The first kappa shape index (κ1) is 17.6. The second kappa shape index (κ2) is 7.68. The van der Waals surface area contributed by atoms with E-state index in [4.69, 9.17) is 4.74 Å². The maximum absolute atomic E-state index is 12.2. The highest BCUT2D eigenvalue weighted by Gasteiger charge is 2.21. The predicted molar refractivity (Wildman–Crippen MR) is 85.3 cm³/mol. The van der Waals surface area contributed by atoms with Gasteiger partial charge >= 0.3 is 5.82 Å². The molecule has 0 bridgehead atoms. The van der Waals surface area contributed by atoms with Crippen molar-refractivity contribution in [2.75, 3.05) is 11.9 Å². The molecule has 1 atom stereocenters. The van der Waals surface area contributed by atoms with Crippen LogP contribution in [-0.4, -0.2) is 37.0 Å². The molecule has 0 aliphatic heterocycles. The van der Waals surface area contributed by atoms with Gasteiger partial charge in [0.2, 0.25) is 5.91 Å². The Bertz CT molecular complexity index is 723. The van der Waals surface area contributed by atoms with Crippen LogP contribution >= 0.6 is 0 Å². The van der Waals surface area contributed by atoms with Crippen LogP contribution in [0.3, 0.4) is 0 Å². The molecule has 2 heterocycles. The van der Waals surface area contributed by atoms with E-state index in [1.807, 2.05) is 6.92 Å². The third kappa shape index (κ3) is 4.38. The molecule has 2 aromatic heterocycles. The van der Waals surface area contributed by atoms with E-state index < -0.39 is 10.8 Å². The van der Waals surface area contributed by atoms with Crippen LogP contribution in [0, 0.1) is 23.0 Å². The van der Waals surface area contributed by atoms with Crippen molar-refractivity contribution in [1.82, 2.24) is 19.6 Å². The highest BCUT2D eigenvalue weighted by molar-refractivity contribution is 5.91. The summed E-state index contributed by atoms with van der Waals surface area (Å²) in [6.45, 7) is 6.47. The second-order valence-electron chi connectivity index (χ2n) is 5.36. The quantitative estimate of drug-likeness (QED) is 0.577. The molecule has 0 fully saturated rings. The third-order valence-electron chi connectivity index (χ3n) is 3.38. The molecule has 0 radical (unpaired) electrons. The minimum atomic E-state index is -0.555. The van der Waals surface area contributed by atoms with Crippen LogP contribution < -0.4 is 5.32 Å². The topological polar surface area (TPSA) is 117 Å². The van der Waals surface area contributed by atoms with Gasteiger partial charge < -0.3 is 20.2 Å². The van der Waals surface area contributed by atoms with Crippen molar-refractivity contribution in [2.45, 2.75) is 34.0 Å². The number of aryl methyl sites for hydroxylation is 1. The summed E-state index contributed by atoms with van der Waals surface area (Å²) in [6.07, 6.45) is 3.21. The summed E-state index contributed by atoms with van der Waals surface area (Å²) in [5.74, 6) is -0.862. The number of carbonyl (C=O) groups is 1. The maximum atomic E-state index is 12.2. The Morgan fingerprint density at radius 1 is 1.54 bits per heavy atom. The van der Waals surface area contributed by atoms with Gasteiger partial charge in [-0.25, -0.2) is 4.68 Å². The number of ether oxygens (including phenoxy) is 1. The highest BCUT2D eigenvalue weighted by atomic mass is 16.6. The zero-order chi connectivity index (χ0) is 17.7. The fourth-order valence-electron chi connectivity index (χ4n) is 2.06. The molecule has 0 aromatic carbocycles. The summed E-state index contributed by atoms with van der Waals surface area (Å²) in [5, 5.41) is 21.4. The van der Waals surface area contributed by atoms with E-state index in [2.05, 4.69) is 15.5 Å². The first-order valence-electron chi connectivity index (χ1n) is 7.50. The Morgan fingerprint density at radius 3 is 2.92 bits per heavy atom. The average molecular weight is 336 g/mol. The van der Waals surface area contributed by atoms with Crippen LogP contribution in [-0.2, 0) is 22.8 Å². The summed E-state index contributed by atoms with van der Waals surface area (Å²) in [6, 6.07) is 1.38. The SMILES string of the molecule is CCOCn1cc(NC(=O)C(C)Cn2nc([N+](=O)[O-])cc2C)cn1. The molecule has 2 rings (SSSR count). The van der Waals surface area contributed by atoms with Gasteiger partial charge in [-0.1, -0.05) is 6.92 Å². The standard InChI is InChI=1S/C14H20N6O4/c1-4-24-9-18-8-12(6-15-18)16-14(21)10(2)7-19-11(3)5-13(17-19)20(22)23/h5-6,8,10H,4,7,9H2,1-3H3,(H,16,21). The van der Waals surface area contributed by atoms with Gasteiger partial charge in [-0.3, -0.25) is 4.79 Å². The van der Waals surface area contributed by atoms with Gasteiger partial charge in [-0.2, -0.15) is 9.78 Å². The van der Waals surface area contributed by atoms with Crippen LogP contribution in [0.15, 0.2) is 18.5 Å². The van der Waals surface area contributed by atoms with E-state index in [1.54, 1.807) is 24.7 Å². The number of nitrogens with one attached hydrogen (secondary N) is 1. The van der Waals surface area contributed by atoms with E-state index in [-0.39, 0.29) is 18.3 Å². The smallest absolute Gasteiger partial charge is 0.360 e. The number of amides is 1. The lowest BCUT2D eigenvalue weighted by Crippen LogP contribution is -2.25. The van der Waals surface area contributed by atoms with E-state index in [9.17, 15) is 14.9 Å². The first-order valence-corrected chi connectivity index (χ1v) is 7.50. The summed E-state index contributed by atoms with van der Waals surface area (Å²) >= 11 is 0. The summed E-state index contributed by atoms with van der Waals surface area (Å²) < 4.78 is 8.25. The van der Waals surface area contributed by atoms with Crippen molar-refractivity contribution < 1.29 is 14.5 Å². The second-order valence-corrected chi connectivity index (χ2v) is 5.36. The number of rotatable bonds is 8. The van der Waals surface area contributed by atoms with Crippen molar-refractivity contribution >= 4 is 17.4 Å². The molecular formula is C14H20N6O4. The lowest BCUT2D eigenvalue weighted by Gasteiger charge is -2.10. The molecule has 1 amide bonds. The number of carbonyl (C=O) groups excluding carboxylic acids is 1. The minimum absolute atomic E-state index is 0.219. The Kier molecular flexibility index (Phi) is 5.64. The van der Waals surface area contributed by atoms with Crippen LogP contribution in [0.2, 0.25) is 0 Å². The zero-order valence-electron chi connectivity index (χ0n) is 13.8. The molecule has 10 heteroatoms. The lowest BCUT2D eigenvalue weighted by atomic mass is 10.1. The van der Waals surface area contributed by atoms with Crippen molar-refractivity contribution in [3.05, 3.63) is 34.3 Å². The fraction of sp³-hybridized carbons (Fsp3) is 0.500. The molecule has 10 nitrogen and oxygen atoms in total. The molecule has 0 aliphatic rings. The summed E-state index contributed by atoms with van der Waals surface area (Å²) in [4.78, 5) is 22.4. The Labute approximate surface area is 138 Å². The van der Waals surface area contributed by atoms with E-state index >= 15 is 0 Å². The van der Waals surface area contributed by atoms with Crippen molar-refractivity contribution in [3.63, 3.8) is 0 Å². The molecule has 1 N–H and O–H groups in total. The van der Waals surface area contributed by atoms with Gasteiger partial charge in [0.1, 0.15) is 6.73 Å². The van der Waals surface area contributed by atoms with E-state index in [1.165, 1.54) is 16.9 Å². The first-order chi connectivity index (χ1) is 11.4. The average Bonchev–Trinajstić information content (AvgIpc) is 3.12. The Balaban J connectivity index is 1.94.